The van der Waals surface area contributed by atoms with Crippen LogP contribution in [-0.4, -0.2) is 25.1 Å². The van der Waals surface area contributed by atoms with E-state index in [-0.39, 0.29) is 0 Å². The molecule has 3 aromatic rings. The van der Waals surface area contributed by atoms with Crippen molar-refractivity contribution in [1.82, 2.24) is 5.43 Å². The summed E-state index contributed by atoms with van der Waals surface area (Å²) in [6, 6.07) is 20.2. The van der Waals surface area contributed by atoms with Crippen LogP contribution in [0.2, 0.25) is 5.02 Å². The van der Waals surface area contributed by atoms with Gasteiger partial charge in [-0.15, -0.1) is 0 Å². The second-order valence-corrected chi connectivity index (χ2v) is 7.38. The van der Waals surface area contributed by atoms with E-state index >= 15 is 0 Å². The summed E-state index contributed by atoms with van der Waals surface area (Å²) in [6.07, 6.45) is 2.09. The number of amides is 2. The highest BCUT2D eigenvalue weighted by atomic mass is 35.5. The van der Waals surface area contributed by atoms with Gasteiger partial charge in [-0.25, -0.2) is 5.43 Å². The van der Waals surface area contributed by atoms with Gasteiger partial charge in [0, 0.05) is 5.69 Å². The summed E-state index contributed by atoms with van der Waals surface area (Å²) in [4.78, 5) is 24.3. The van der Waals surface area contributed by atoms with Gasteiger partial charge in [-0.3, -0.25) is 9.59 Å². The van der Waals surface area contributed by atoms with Crippen LogP contribution in [0, 0.1) is 0 Å². The van der Waals surface area contributed by atoms with Gasteiger partial charge in [0.05, 0.1) is 18.3 Å². The lowest BCUT2D eigenvalue weighted by Gasteiger charge is -2.13. The number of benzene rings is 3. The first-order valence-electron chi connectivity index (χ1n) is 10.3. The Kier molecular flexibility index (Phi) is 8.43. The lowest BCUT2D eigenvalue weighted by atomic mass is 10.1. The molecule has 0 heterocycles. The van der Waals surface area contributed by atoms with Crippen molar-refractivity contribution >= 4 is 35.3 Å². The molecule has 0 aliphatic rings. The minimum atomic E-state index is -0.891. The molecule has 0 saturated heterocycles. The summed E-state index contributed by atoms with van der Waals surface area (Å²) < 4.78 is 11.2. The quantitative estimate of drug-likeness (QED) is 0.289. The van der Waals surface area contributed by atoms with Crippen LogP contribution in [0.4, 0.5) is 5.69 Å². The predicted molar refractivity (Wildman–Crippen MR) is 129 cm³/mol. The maximum atomic E-state index is 12.2. The average Bonchev–Trinajstić information content (AvgIpc) is 2.83. The molecule has 0 unspecified atom stereocenters. The maximum absolute atomic E-state index is 12.2. The zero-order valence-electron chi connectivity index (χ0n) is 18.3. The van der Waals surface area contributed by atoms with Gasteiger partial charge in [0.1, 0.15) is 6.61 Å². The second-order valence-electron chi connectivity index (χ2n) is 6.97. The molecule has 0 spiro atoms. The third-order valence-electron chi connectivity index (χ3n) is 4.71. The van der Waals surface area contributed by atoms with Crippen molar-refractivity contribution in [3.8, 4) is 11.5 Å². The first-order valence-corrected chi connectivity index (χ1v) is 10.7. The standard InChI is InChI=1S/C25H24ClN3O4/c1-3-19-11-7-8-12-21(19)28-24(30)25(31)29-27-15-18-13-20(26)23(22(14-18)32-2)33-16-17-9-5-4-6-10-17/h4-15H,3,16H2,1-2H3,(H,28,30)(H,29,31)/b27-15-. The summed E-state index contributed by atoms with van der Waals surface area (Å²) in [5.41, 5.74) is 5.27. The number of ether oxygens (including phenoxy) is 2. The monoisotopic (exact) mass is 465 g/mol. The first-order chi connectivity index (χ1) is 16.0. The lowest BCUT2D eigenvalue weighted by molar-refractivity contribution is -0.136. The van der Waals surface area contributed by atoms with Gasteiger partial charge in [0.2, 0.25) is 0 Å². The molecule has 0 aliphatic carbocycles. The molecule has 2 amide bonds. The number of para-hydroxylation sites is 1. The largest absolute Gasteiger partial charge is 0.493 e. The molecule has 2 N–H and O–H groups in total. The Labute approximate surface area is 197 Å². The number of rotatable bonds is 8. The van der Waals surface area contributed by atoms with Crippen LogP contribution in [-0.2, 0) is 22.6 Å². The number of hydrogen-bond donors (Lipinski definition) is 2. The predicted octanol–water partition coefficient (Wildman–Crippen LogP) is 4.58. The minimum absolute atomic E-state index is 0.326. The number of methoxy groups -OCH3 is 1. The van der Waals surface area contributed by atoms with E-state index in [4.69, 9.17) is 21.1 Å². The molecule has 170 valence electrons. The van der Waals surface area contributed by atoms with Crippen LogP contribution < -0.4 is 20.2 Å². The molecule has 0 atom stereocenters. The second kappa shape index (κ2) is 11.7. The molecular formula is C25H24ClN3O4. The fraction of sp³-hybridized carbons (Fsp3) is 0.160. The number of nitrogens with one attached hydrogen (secondary N) is 2. The number of carbonyl (C=O) groups excluding carboxylic acids is 2. The summed E-state index contributed by atoms with van der Waals surface area (Å²) in [5.74, 6) is -0.885. The number of anilines is 1. The Morgan fingerprint density at radius 3 is 2.48 bits per heavy atom. The Morgan fingerprint density at radius 2 is 1.76 bits per heavy atom. The number of halogens is 1. The number of carbonyl (C=O) groups is 2. The molecule has 0 fully saturated rings. The number of hydrazone groups is 1. The fourth-order valence-corrected chi connectivity index (χ4v) is 3.30. The van der Waals surface area contributed by atoms with Crippen molar-refractivity contribution in [3.63, 3.8) is 0 Å². The van der Waals surface area contributed by atoms with Gasteiger partial charge >= 0.3 is 11.8 Å². The zero-order chi connectivity index (χ0) is 23.6. The molecule has 0 bridgehead atoms. The Balaban J connectivity index is 1.62. The molecular weight excluding hydrogens is 442 g/mol. The topological polar surface area (TPSA) is 89.0 Å². The Bertz CT molecular complexity index is 1150. The molecule has 33 heavy (non-hydrogen) atoms. The van der Waals surface area contributed by atoms with E-state index in [1.807, 2.05) is 49.4 Å². The first kappa shape index (κ1) is 23.8. The molecule has 7 nitrogen and oxygen atoms in total. The molecule has 0 radical (unpaired) electrons. The van der Waals surface area contributed by atoms with E-state index in [0.717, 1.165) is 17.5 Å². The number of aryl methyl sites for hydroxylation is 1. The van der Waals surface area contributed by atoms with Crippen LogP contribution in [0.3, 0.4) is 0 Å². The third-order valence-corrected chi connectivity index (χ3v) is 4.99. The van der Waals surface area contributed by atoms with Crippen LogP contribution in [0.5, 0.6) is 11.5 Å². The van der Waals surface area contributed by atoms with Gasteiger partial charge in [-0.05, 0) is 41.3 Å². The normalized spacial score (nSPS) is 10.6. The van der Waals surface area contributed by atoms with Gasteiger partial charge < -0.3 is 14.8 Å². The zero-order valence-corrected chi connectivity index (χ0v) is 19.1. The molecule has 0 aliphatic heterocycles. The van der Waals surface area contributed by atoms with E-state index in [9.17, 15) is 9.59 Å². The highest BCUT2D eigenvalue weighted by molar-refractivity contribution is 6.39. The molecule has 3 aromatic carbocycles. The lowest BCUT2D eigenvalue weighted by Crippen LogP contribution is -2.32. The summed E-state index contributed by atoms with van der Waals surface area (Å²) in [5, 5.41) is 6.76. The van der Waals surface area contributed by atoms with E-state index in [0.29, 0.717) is 34.4 Å². The van der Waals surface area contributed by atoms with E-state index in [2.05, 4.69) is 15.8 Å². The van der Waals surface area contributed by atoms with Gasteiger partial charge in [0.15, 0.2) is 11.5 Å². The molecule has 0 aromatic heterocycles. The third kappa shape index (κ3) is 6.57. The van der Waals surface area contributed by atoms with Crippen molar-refractivity contribution in [2.24, 2.45) is 5.10 Å². The van der Waals surface area contributed by atoms with E-state index < -0.39 is 11.8 Å². The SMILES string of the molecule is CCc1ccccc1NC(=O)C(=O)N/N=C\c1cc(Cl)c(OCc2ccccc2)c(OC)c1. The summed E-state index contributed by atoms with van der Waals surface area (Å²) in [7, 11) is 1.50. The van der Waals surface area contributed by atoms with Crippen molar-refractivity contribution in [3.05, 3.63) is 88.4 Å². The van der Waals surface area contributed by atoms with Crippen LogP contribution in [0.15, 0.2) is 71.8 Å². The maximum Gasteiger partial charge on any atom is 0.329 e. The Hall–Kier alpha value is -3.84. The molecule has 0 saturated carbocycles. The van der Waals surface area contributed by atoms with Crippen LogP contribution in [0.1, 0.15) is 23.6 Å². The molecule has 8 heteroatoms. The summed E-state index contributed by atoms with van der Waals surface area (Å²) in [6.45, 7) is 2.30. The van der Waals surface area contributed by atoms with Gasteiger partial charge in [-0.1, -0.05) is 67.1 Å². The van der Waals surface area contributed by atoms with Crippen molar-refractivity contribution in [2.45, 2.75) is 20.0 Å². The van der Waals surface area contributed by atoms with Crippen molar-refractivity contribution < 1.29 is 19.1 Å². The fourth-order valence-electron chi connectivity index (χ4n) is 3.03. The molecule has 3 rings (SSSR count). The van der Waals surface area contributed by atoms with Gasteiger partial charge in [-0.2, -0.15) is 5.10 Å². The highest BCUT2D eigenvalue weighted by Gasteiger charge is 2.15. The van der Waals surface area contributed by atoms with Crippen LogP contribution >= 0.6 is 11.6 Å². The number of nitrogens with zero attached hydrogens (tertiary/aromatic N) is 1. The number of hydrogen-bond acceptors (Lipinski definition) is 5. The smallest absolute Gasteiger partial charge is 0.329 e. The summed E-state index contributed by atoms with van der Waals surface area (Å²) >= 11 is 6.37. The van der Waals surface area contributed by atoms with Gasteiger partial charge in [0.25, 0.3) is 0 Å². The minimum Gasteiger partial charge on any atom is -0.493 e. The average molecular weight is 466 g/mol. The highest BCUT2D eigenvalue weighted by Crippen LogP contribution is 2.36. The van der Waals surface area contributed by atoms with Crippen molar-refractivity contribution in [1.29, 1.82) is 0 Å². The Morgan fingerprint density at radius 1 is 1.03 bits per heavy atom. The van der Waals surface area contributed by atoms with Crippen LogP contribution in [0.25, 0.3) is 0 Å². The van der Waals surface area contributed by atoms with E-state index in [1.165, 1.54) is 13.3 Å². The van der Waals surface area contributed by atoms with E-state index in [1.54, 1.807) is 24.3 Å². The van der Waals surface area contributed by atoms with Crippen molar-refractivity contribution in [2.75, 3.05) is 12.4 Å².